The maximum atomic E-state index is 12.7. The molecule has 1 fully saturated rings. The summed E-state index contributed by atoms with van der Waals surface area (Å²) in [7, 11) is 1.87. The molecule has 2 aromatic carbocycles. The summed E-state index contributed by atoms with van der Waals surface area (Å²) in [4.78, 5) is 14.4. The van der Waals surface area contributed by atoms with Crippen LogP contribution in [0, 0.1) is 0 Å². The number of carbonyl (C=O) groups excluding carboxylic acids is 1. The van der Waals surface area contributed by atoms with E-state index < -0.39 is 0 Å². The second-order valence-corrected chi connectivity index (χ2v) is 7.04. The van der Waals surface area contributed by atoms with E-state index in [9.17, 15) is 4.79 Å². The smallest absolute Gasteiger partial charge is 0.253 e. The minimum absolute atomic E-state index is 0.0593. The fraction of sp³-hybridized carbons (Fsp3) is 0.435. The van der Waals surface area contributed by atoms with Gasteiger partial charge in [0.1, 0.15) is 5.75 Å². The van der Waals surface area contributed by atoms with Crippen LogP contribution in [0.4, 0.5) is 0 Å². The lowest BCUT2D eigenvalue weighted by Gasteiger charge is -2.25. The monoisotopic (exact) mass is 367 g/mol. The average molecular weight is 367 g/mol. The zero-order chi connectivity index (χ0) is 19.1. The molecule has 1 aliphatic rings. The number of hydrogen-bond acceptors (Lipinski definition) is 3. The summed E-state index contributed by atoms with van der Waals surface area (Å²) in [5.74, 6) is 0.931. The van der Waals surface area contributed by atoms with Crippen LogP contribution in [0.5, 0.6) is 5.75 Å². The summed E-state index contributed by atoms with van der Waals surface area (Å²) in [5, 5.41) is 0. The number of hydrogen-bond donors (Lipinski definition) is 0. The van der Waals surface area contributed by atoms with E-state index in [1.165, 1.54) is 6.42 Å². The van der Waals surface area contributed by atoms with E-state index in [0.29, 0.717) is 12.7 Å². The van der Waals surface area contributed by atoms with E-state index in [1.54, 1.807) is 4.90 Å². The quantitative estimate of drug-likeness (QED) is 0.707. The maximum absolute atomic E-state index is 12.7. The second kappa shape index (κ2) is 9.56. The standard InChI is InChI=1S/C23H29NO3/c1-3-26-22-13-11-19(12-14-22)18-7-9-20(10-8-18)23(25)24(2)16-15-21-6-4-5-17-27-21/h7-14,21H,3-6,15-17H2,1-2H3/t21-/m1/s1. The van der Waals surface area contributed by atoms with Gasteiger partial charge in [0.2, 0.25) is 0 Å². The molecule has 144 valence electrons. The zero-order valence-corrected chi connectivity index (χ0v) is 16.3. The Morgan fingerprint density at radius 3 is 2.33 bits per heavy atom. The Bertz CT molecular complexity index is 718. The lowest BCUT2D eigenvalue weighted by atomic mass is 10.0. The van der Waals surface area contributed by atoms with Gasteiger partial charge in [-0.3, -0.25) is 4.79 Å². The molecule has 1 amide bonds. The van der Waals surface area contributed by atoms with Gasteiger partial charge in [-0.05, 0) is 68.0 Å². The lowest BCUT2D eigenvalue weighted by molar-refractivity contribution is 0.00709. The number of benzene rings is 2. The molecular formula is C23H29NO3. The molecule has 1 heterocycles. The first kappa shape index (κ1) is 19.4. The van der Waals surface area contributed by atoms with E-state index in [4.69, 9.17) is 9.47 Å². The van der Waals surface area contributed by atoms with Crippen molar-refractivity contribution in [1.29, 1.82) is 0 Å². The molecular weight excluding hydrogens is 338 g/mol. The van der Waals surface area contributed by atoms with Crippen molar-refractivity contribution in [2.75, 3.05) is 26.8 Å². The number of amides is 1. The van der Waals surface area contributed by atoms with Crippen molar-refractivity contribution in [2.45, 2.75) is 38.7 Å². The van der Waals surface area contributed by atoms with Crippen LogP contribution in [0.25, 0.3) is 11.1 Å². The number of carbonyl (C=O) groups is 1. The van der Waals surface area contributed by atoms with Crippen molar-refractivity contribution >= 4 is 5.91 Å². The third-order valence-corrected chi connectivity index (χ3v) is 5.04. The van der Waals surface area contributed by atoms with E-state index in [1.807, 2.05) is 62.5 Å². The molecule has 1 aliphatic heterocycles. The average Bonchev–Trinajstić information content (AvgIpc) is 2.73. The third kappa shape index (κ3) is 5.33. The molecule has 4 heteroatoms. The molecule has 0 aliphatic carbocycles. The Hall–Kier alpha value is -2.33. The highest BCUT2D eigenvalue weighted by Gasteiger charge is 2.17. The number of rotatable bonds is 7. The second-order valence-electron chi connectivity index (χ2n) is 7.04. The van der Waals surface area contributed by atoms with Crippen LogP contribution in [0.3, 0.4) is 0 Å². The summed E-state index contributed by atoms with van der Waals surface area (Å²) in [6.45, 7) is 4.22. The van der Waals surface area contributed by atoms with Gasteiger partial charge in [0, 0.05) is 25.8 Å². The van der Waals surface area contributed by atoms with E-state index >= 15 is 0 Å². The van der Waals surface area contributed by atoms with Crippen LogP contribution in [0.2, 0.25) is 0 Å². The summed E-state index contributed by atoms with van der Waals surface area (Å²) in [6, 6.07) is 15.8. The first-order valence-corrected chi connectivity index (χ1v) is 9.87. The predicted molar refractivity (Wildman–Crippen MR) is 108 cm³/mol. The molecule has 0 spiro atoms. The minimum atomic E-state index is 0.0593. The first-order chi connectivity index (χ1) is 13.2. The van der Waals surface area contributed by atoms with Gasteiger partial charge in [-0.2, -0.15) is 0 Å². The van der Waals surface area contributed by atoms with Gasteiger partial charge in [0.15, 0.2) is 0 Å². The molecule has 0 unspecified atom stereocenters. The van der Waals surface area contributed by atoms with Crippen molar-refractivity contribution < 1.29 is 14.3 Å². The summed E-state index contributed by atoms with van der Waals surface area (Å²) in [5.41, 5.74) is 2.92. The predicted octanol–water partition coefficient (Wildman–Crippen LogP) is 4.78. The molecule has 4 nitrogen and oxygen atoms in total. The molecule has 0 N–H and O–H groups in total. The molecule has 27 heavy (non-hydrogen) atoms. The molecule has 3 rings (SSSR count). The van der Waals surface area contributed by atoms with Gasteiger partial charge in [0.05, 0.1) is 12.7 Å². The van der Waals surface area contributed by atoms with Crippen LogP contribution >= 0.6 is 0 Å². The van der Waals surface area contributed by atoms with E-state index in [-0.39, 0.29) is 5.91 Å². The fourth-order valence-electron chi connectivity index (χ4n) is 3.41. The molecule has 0 aromatic heterocycles. The summed E-state index contributed by atoms with van der Waals surface area (Å²) < 4.78 is 11.2. The highest BCUT2D eigenvalue weighted by Crippen LogP contribution is 2.23. The fourth-order valence-corrected chi connectivity index (χ4v) is 3.41. The summed E-state index contributed by atoms with van der Waals surface area (Å²) in [6.07, 6.45) is 4.71. The van der Waals surface area contributed by atoms with Crippen molar-refractivity contribution in [3.05, 3.63) is 54.1 Å². The Balaban J connectivity index is 1.57. The van der Waals surface area contributed by atoms with Crippen molar-refractivity contribution in [3.63, 3.8) is 0 Å². The SMILES string of the molecule is CCOc1ccc(-c2ccc(C(=O)N(C)CC[C@H]3CCCCO3)cc2)cc1. The van der Waals surface area contributed by atoms with Gasteiger partial charge >= 0.3 is 0 Å². The van der Waals surface area contributed by atoms with Crippen molar-refractivity contribution in [3.8, 4) is 16.9 Å². The normalized spacial score (nSPS) is 16.7. The van der Waals surface area contributed by atoms with Gasteiger partial charge in [-0.15, -0.1) is 0 Å². The van der Waals surface area contributed by atoms with Gasteiger partial charge in [-0.25, -0.2) is 0 Å². The highest BCUT2D eigenvalue weighted by atomic mass is 16.5. The van der Waals surface area contributed by atoms with Crippen molar-refractivity contribution in [2.24, 2.45) is 0 Å². The topological polar surface area (TPSA) is 38.8 Å². The van der Waals surface area contributed by atoms with Gasteiger partial charge in [-0.1, -0.05) is 24.3 Å². The molecule has 1 saturated heterocycles. The molecule has 0 saturated carbocycles. The molecule has 0 radical (unpaired) electrons. The maximum Gasteiger partial charge on any atom is 0.253 e. The lowest BCUT2D eigenvalue weighted by Crippen LogP contribution is -2.31. The Morgan fingerprint density at radius 2 is 1.74 bits per heavy atom. The Morgan fingerprint density at radius 1 is 1.07 bits per heavy atom. The van der Waals surface area contributed by atoms with Gasteiger partial charge in [0.25, 0.3) is 5.91 Å². The van der Waals surface area contributed by atoms with E-state index in [2.05, 4.69) is 0 Å². The van der Waals surface area contributed by atoms with Crippen LogP contribution in [0.1, 0.15) is 43.0 Å². The first-order valence-electron chi connectivity index (χ1n) is 9.87. The van der Waals surface area contributed by atoms with E-state index in [0.717, 1.165) is 54.9 Å². The molecule has 1 atom stereocenters. The largest absolute Gasteiger partial charge is 0.494 e. The van der Waals surface area contributed by atoms with Gasteiger partial charge < -0.3 is 14.4 Å². The minimum Gasteiger partial charge on any atom is -0.494 e. The van der Waals surface area contributed by atoms with Crippen LogP contribution in [-0.4, -0.2) is 43.7 Å². The molecule has 0 bridgehead atoms. The highest BCUT2D eigenvalue weighted by molar-refractivity contribution is 5.94. The molecule has 2 aromatic rings. The van der Waals surface area contributed by atoms with Crippen LogP contribution in [-0.2, 0) is 4.74 Å². The Kier molecular flexibility index (Phi) is 6.88. The summed E-state index contributed by atoms with van der Waals surface area (Å²) >= 11 is 0. The van der Waals surface area contributed by atoms with Crippen molar-refractivity contribution in [1.82, 2.24) is 4.90 Å². The van der Waals surface area contributed by atoms with Crippen LogP contribution in [0.15, 0.2) is 48.5 Å². The number of nitrogens with zero attached hydrogens (tertiary/aromatic N) is 1. The number of ether oxygens (including phenoxy) is 2. The van der Waals surface area contributed by atoms with Crippen LogP contribution < -0.4 is 4.74 Å². The Labute approximate surface area is 162 Å². The third-order valence-electron chi connectivity index (χ3n) is 5.04. The zero-order valence-electron chi connectivity index (χ0n) is 16.3.